The number of ether oxygens (including phenoxy) is 2. The van der Waals surface area contributed by atoms with Crippen molar-refractivity contribution >= 4 is 23.5 Å². The molecule has 0 aliphatic carbocycles. The van der Waals surface area contributed by atoms with Crippen LogP contribution >= 0.6 is 23.5 Å². The van der Waals surface area contributed by atoms with Crippen molar-refractivity contribution in [2.45, 2.75) is 71.0 Å². The Morgan fingerprint density at radius 3 is 2.16 bits per heavy atom. The molecule has 214 valence electrons. The molecule has 6 N–H and O–H groups in total. The zero-order valence-electron chi connectivity index (χ0n) is 20.0. The maximum Gasteiger partial charge on any atom is 0.490 e. The Balaban J connectivity index is 2.20. The third-order valence-electron chi connectivity index (χ3n) is 4.38. The van der Waals surface area contributed by atoms with Gasteiger partial charge in [0, 0.05) is 6.20 Å². The lowest BCUT2D eigenvalue weighted by atomic mass is 10.1. The SMILES string of the molecule is CC(C)OC1[C@@H](COP(=O)(O)OP(=O)(O)OP(=O)(O)OC(C)C)O[C@@H](n2cc(CO)c(=O)[nH]c2=O)[C@H]1O. The molecule has 1 saturated heterocycles. The summed E-state index contributed by atoms with van der Waals surface area (Å²) in [6.07, 6.45) is -6.33. The molecule has 2 rings (SSSR count). The molecule has 0 amide bonds. The van der Waals surface area contributed by atoms with Crippen molar-refractivity contribution in [2.75, 3.05) is 6.61 Å². The van der Waals surface area contributed by atoms with Crippen LogP contribution in [0, 0.1) is 0 Å². The first kappa shape index (κ1) is 32.1. The molecular weight excluding hydrogens is 569 g/mol. The zero-order valence-corrected chi connectivity index (χ0v) is 22.7. The molecule has 7 atom stereocenters. The minimum absolute atomic E-state index is 0.231. The van der Waals surface area contributed by atoms with E-state index in [-0.39, 0.29) is 5.56 Å². The summed E-state index contributed by atoms with van der Waals surface area (Å²) >= 11 is 0. The number of aromatic nitrogens is 2. The number of hydrogen-bond donors (Lipinski definition) is 6. The second kappa shape index (κ2) is 12.4. The maximum atomic E-state index is 12.3. The monoisotopic (exact) mass is 598 g/mol. The minimum Gasteiger partial charge on any atom is -0.391 e. The molecule has 1 aliphatic heterocycles. The van der Waals surface area contributed by atoms with Crippen LogP contribution in [-0.2, 0) is 47.4 Å². The molecule has 37 heavy (non-hydrogen) atoms. The van der Waals surface area contributed by atoms with Gasteiger partial charge in [-0.05, 0) is 27.7 Å². The Kier molecular flexibility index (Phi) is 10.8. The Labute approximate surface area is 209 Å². The van der Waals surface area contributed by atoms with E-state index in [9.17, 15) is 48.2 Å². The number of nitrogens with one attached hydrogen (secondary N) is 1. The van der Waals surface area contributed by atoms with E-state index >= 15 is 0 Å². The molecule has 1 fully saturated rings. The standard InChI is InChI=1S/C16H29N2O16P3/c1-8(2)30-13-11(31-15(12(13)20)18-5-10(6-19)14(21)17-16(18)22)7-29-35(23,24)33-37(27,28)34-36(25,26)32-9(3)4/h5,8-9,11-13,15,19-20H,6-7H2,1-4H3,(H,23,24)(H,25,26)(H,27,28)(H,17,21,22)/t11-,12+,13?,15-/m1/s1. The fraction of sp³-hybridized carbons (Fsp3) is 0.750. The molecule has 2 heterocycles. The van der Waals surface area contributed by atoms with Crippen molar-refractivity contribution in [1.82, 2.24) is 9.55 Å². The highest BCUT2D eigenvalue weighted by atomic mass is 31.3. The summed E-state index contributed by atoms with van der Waals surface area (Å²) in [5, 5.41) is 20.0. The van der Waals surface area contributed by atoms with Gasteiger partial charge in [0.05, 0.1) is 31.0 Å². The summed E-state index contributed by atoms with van der Waals surface area (Å²) in [7, 11) is -16.3. The molecule has 21 heteroatoms. The maximum absolute atomic E-state index is 12.3. The molecule has 4 unspecified atom stereocenters. The molecule has 18 nitrogen and oxygen atoms in total. The van der Waals surface area contributed by atoms with Crippen LogP contribution in [0.3, 0.4) is 0 Å². The van der Waals surface area contributed by atoms with Gasteiger partial charge in [0.1, 0.15) is 18.3 Å². The number of phosphoric acid groups is 3. The van der Waals surface area contributed by atoms with Crippen molar-refractivity contribution in [1.29, 1.82) is 0 Å². The normalized spacial score (nSPS) is 27.2. The molecule has 1 aromatic heterocycles. The van der Waals surface area contributed by atoms with Crippen LogP contribution < -0.4 is 11.2 Å². The lowest BCUT2D eigenvalue weighted by Crippen LogP contribution is -2.40. The summed E-state index contributed by atoms with van der Waals surface area (Å²) in [5.41, 5.74) is -2.11. The second-order valence-corrected chi connectivity index (χ2v) is 12.8. The average molecular weight is 598 g/mol. The summed E-state index contributed by atoms with van der Waals surface area (Å²) in [6.45, 7) is 4.11. The molecule has 1 aliphatic rings. The smallest absolute Gasteiger partial charge is 0.391 e. The first-order chi connectivity index (χ1) is 16.9. The Morgan fingerprint density at radius 1 is 1.03 bits per heavy atom. The van der Waals surface area contributed by atoms with Crippen molar-refractivity contribution in [3.8, 4) is 0 Å². The Bertz CT molecular complexity index is 1200. The molecule has 0 aromatic carbocycles. The highest BCUT2D eigenvalue weighted by Crippen LogP contribution is 2.68. The number of nitrogens with zero attached hydrogens (tertiary/aromatic N) is 1. The Hall–Kier alpha value is -1.07. The van der Waals surface area contributed by atoms with Crippen molar-refractivity contribution in [3.05, 3.63) is 32.6 Å². The molecule has 0 saturated carbocycles. The van der Waals surface area contributed by atoms with E-state index in [1.165, 1.54) is 13.8 Å². The van der Waals surface area contributed by atoms with Crippen molar-refractivity contribution in [2.24, 2.45) is 0 Å². The van der Waals surface area contributed by atoms with E-state index in [4.69, 9.17) is 9.47 Å². The summed E-state index contributed by atoms with van der Waals surface area (Å²) in [5.74, 6) is 0. The lowest BCUT2D eigenvalue weighted by Gasteiger charge is -2.24. The van der Waals surface area contributed by atoms with Gasteiger partial charge in [-0.15, -0.1) is 0 Å². The fourth-order valence-electron chi connectivity index (χ4n) is 3.15. The third kappa shape index (κ3) is 9.27. The fourth-order valence-corrected chi connectivity index (χ4v) is 6.83. The van der Waals surface area contributed by atoms with Gasteiger partial charge in [0.15, 0.2) is 6.23 Å². The van der Waals surface area contributed by atoms with Gasteiger partial charge in [0.25, 0.3) is 5.56 Å². The number of aliphatic hydroxyl groups excluding tert-OH is 2. The van der Waals surface area contributed by atoms with Gasteiger partial charge in [-0.1, -0.05) is 0 Å². The van der Waals surface area contributed by atoms with Crippen LogP contribution in [-0.4, -0.2) is 71.6 Å². The number of phosphoric ester groups is 2. The number of aromatic amines is 1. The van der Waals surface area contributed by atoms with Crippen LogP contribution in [0.15, 0.2) is 15.8 Å². The lowest BCUT2D eigenvalue weighted by molar-refractivity contribution is -0.0778. The number of H-pyrrole nitrogens is 1. The van der Waals surface area contributed by atoms with Gasteiger partial charge in [-0.2, -0.15) is 8.62 Å². The first-order valence-electron chi connectivity index (χ1n) is 10.5. The topological polar surface area (TPSA) is 263 Å². The van der Waals surface area contributed by atoms with E-state index in [2.05, 4.69) is 17.7 Å². The van der Waals surface area contributed by atoms with Gasteiger partial charge >= 0.3 is 29.2 Å². The largest absolute Gasteiger partial charge is 0.490 e. The highest BCUT2D eigenvalue weighted by molar-refractivity contribution is 7.66. The van der Waals surface area contributed by atoms with E-state index in [1.54, 1.807) is 13.8 Å². The van der Waals surface area contributed by atoms with E-state index in [0.29, 0.717) is 0 Å². The summed E-state index contributed by atoms with van der Waals surface area (Å²) < 4.78 is 64.7. The molecule has 1 aromatic rings. The van der Waals surface area contributed by atoms with E-state index < -0.39 is 84.7 Å². The minimum atomic E-state index is -5.68. The highest BCUT2D eigenvalue weighted by Gasteiger charge is 2.48. The summed E-state index contributed by atoms with van der Waals surface area (Å²) in [6, 6.07) is 0. The number of rotatable bonds is 13. The van der Waals surface area contributed by atoms with Crippen molar-refractivity contribution in [3.63, 3.8) is 0 Å². The first-order valence-corrected chi connectivity index (χ1v) is 15.0. The zero-order chi connectivity index (χ0) is 28.3. The Morgan fingerprint density at radius 2 is 1.62 bits per heavy atom. The van der Waals surface area contributed by atoms with Crippen molar-refractivity contribution < 1.29 is 65.7 Å². The average Bonchev–Trinajstić information content (AvgIpc) is 2.99. The third-order valence-corrected chi connectivity index (χ3v) is 8.85. The van der Waals surface area contributed by atoms with Crippen LogP contribution in [0.2, 0.25) is 0 Å². The van der Waals surface area contributed by atoms with Crippen LogP contribution in [0.5, 0.6) is 0 Å². The van der Waals surface area contributed by atoms with Crippen LogP contribution in [0.4, 0.5) is 0 Å². The van der Waals surface area contributed by atoms with Gasteiger partial charge < -0.3 is 34.4 Å². The number of aliphatic hydroxyl groups is 2. The number of hydrogen-bond acceptors (Lipinski definition) is 13. The summed E-state index contributed by atoms with van der Waals surface area (Å²) in [4.78, 5) is 54.8. The van der Waals surface area contributed by atoms with E-state index in [1.807, 2.05) is 4.98 Å². The van der Waals surface area contributed by atoms with Gasteiger partial charge in [0.2, 0.25) is 0 Å². The van der Waals surface area contributed by atoms with Crippen LogP contribution in [0.25, 0.3) is 0 Å². The predicted octanol–water partition coefficient (Wildman–Crippen LogP) is -0.143. The van der Waals surface area contributed by atoms with Gasteiger partial charge in [-0.3, -0.25) is 23.4 Å². The molecule has 0 spiro atoms. The second-order valence-electron chi connectivity index (χ2n) is 8.20. The van der Waals surface area contributed by atoms with E-state index in [0.717, 1.165) is 10.8 Å². The molecular formula is C16H29N2O16P3. The van der Waals surface area contributed by atoms with Crippen LogP contribution in [0.1, 0.15) is 39.5 Å². The molecule has 0 bridgehead atoms. The van der Waals surface area contributed by atoms with Gasteiger partial charge in [-0.25, -0.2) is 18.5 Å². The molecule has 0 radical (unpaired) electrons. The quantitative estimate of drug-likeness (QED) is 0.161. The predicted molar refractivity (Wildman–Crippen MR) is 121 cm³/mol.